The Bertz CT molecular complexity index is 1630. The molecule has 4 aromatic rings. The predicted molar refractivity (Wildman–Crippen MR) is 152 cm³/mol. The van der Waals surface area contributed by atoms with E-state index in [-0.39, 0.29) is 28.4 Å². The summed E-state index contributed by atoms with van der Waals surface area (Å²) in [5.41, 5.74) is 0.718. The average molecular weight is 699 g/mol. The SMILES string of the molecule is O=C(NCc1c(F)cc(F)cc1F)c1cc(I)c2c(c1)N(Cc1c(F)cccc1Cl)C(=O)C2(Cl)c1ccccc1. The van der Waals surface area contributed by atoms with Crippen LogP contribution in [0.2, 0.25) is 5.02 Å². The van der Waals surface area contributed by atoms with E-state index in [1.54, 1.807) is 30.3 Å². The number of carbonyl (C=O) groups is 2. The molecule has 1 aliphatic rings. The molecule has 1 unspecified atom stereocenters. The molecule has 1 atom stereocenters. The van der Waals surface area contributed by atoms with Crippen LogP contribution in [0, 0.1) is 26.8 Å². The van der Waals surface area contributed by atoms with Gasteiger partial charge in [0.15, 0.2) is 4.87 Å². The Balaban J connectivity index is 1.57. The first kappa shape index (κ1) is 28.4. The number of rotatable bonds is 6. The smallest absolute Gasteiger partial charge is 0.257 e. The van der Waals surface area contributed by atoms with Crippen LogP contribution in [0.25, 0.3) is 0 Å². The van der Waals surface area contributed by atoms with Crippen LogP contribution in [0.3, 0.4) is 0 Å². The number of halogens is 7. The van der Waals surface area contributed by atoms with Gasteiger partial charge in [0.1, 0.15) is 23.3 Å². The van der Waals surface area contributed by atoms with E-state index in [1.165, 1.54) is 35.2 Å². The fourth-order valence-electron chi connectivity index (χ4n) is 4.63. The van der Waals surface area contributed by atoms with Crippen LogP contribution in [-0.4, -0.2) is 11.8 Å². The average Bonchev–Trinajstić information content (AvgIpc) is 3.13. The molecular formula is C29H17Cl2F4IN2O2. The molecule has 0 radical (unpaired) electrons. The molecule has 40 heavy (non-hydrogen) atoms. The zero-order chi connectivity index (χ0) is 28.8. The summed E-state index contributed by atoms with van der Waals surface area (Å²) in [6.45, 7) is -0.826. The lowest BCUT2D eigenvalue weighted by atomic mass is 9.91. The van der Waals surface area contributed by atoms with E-state index < -0.39 is 52.1 Å². The summed E-state index contributed by atoms with van der Waals surface area (Å²) in [4.78, 5) is 26.6. The molecule has 2 amide bonds. The third-order valence-corrected chi connectivity index (χ3v) is 8.36. The van der Waals surface area contributed by atoms with Crippen molar-refractivity contribution in [3.05, 3.63) is 132 Å². The number of fused-ring (bicyclic) bond motifs is 1. The molecule has 0 bridgehead atoms. The van der Waals surface area contributed by atoms with Gasteiger partial charge in [-0.1, -0.05) is 59.6 Å². The van der Waals surface area contributed by atoms with E-state index in [4.69, 9.17) is 23.2 Å². The van der Waals surface area contributed by atoms with Crippen molar-refractivity contribution in [2.24, 2.45) is 0 Å². The molecule has 0 saturated heterocycles. The lowest BCUT2D eigenvalue weighted by Crippen LogP contribution is -2.37. The van der Waals surface area contributed by atoms with E-state index in [2.05, 4.69) is 5.32 Å². The quantitative estimate of drug-likeness (QED) is 0.129. The van der Waals surface area contributed by atoms with Crippen LogP contribution in [0.4, 0.5) is 23.2 Å². The summed E-state index contributed by atoms with van der Waals surface area (Å²) < 4.78 is 56.6. The van der Waals surface area contributed by atoms with E-state index in [1.807, 2.05) is 22.6 Å². The number of alkyl halides is 1. The number of anilines is 1. The molecule has 0 aromatic heterocycles. The van der Waals surface area contributed by atoms with Gasteiger partial charge >= 0.3 is 0 Å². The van der Waals surface area contributed by atoms with Crippen LogP contribution < -0.4 is 10.2 Å². The number of benzene rings is 4. The molecule has 0 saturated carbocycles. The van der Waals surface area contributed by atoms with Crippen LogP contribution in [0.5, 0.6) is 0 Å². The van der Waals surface area contributed by atoms with Gasteiger partial charge in [-0.3, -0.25) is 9.59 Å². The van der Waals surface area contributed by atoms with Gasteiger partial charge in [0.2, 0.25) is 0 Å². The summed E-state index contributed by atoms with van der Waals surface area (Å²) in [7, 11) is 0. The number of hydrogen-bond acceptors (Lipinski definition) is 2. The van der Waals surface area contributed by atoms with Crippen molar-refractivity contribution in [2.75, 3.05) is 4.90 Å². The van der Waals surface area contributed by atoms with Crippen LogP contribution in [0.1, 0.15) is 32.6 Å². The molecular weight excluding hydrogens is 682 g/mol. The second-order valence-corrected chi connectivity index (χ2v) is 11.1. The molecule has 0 fully saturated rings. The fraction of sp³-hybridized carbons (Fsp3) is 0.103. The van der Waals surface area contributed by atoms with Gasteiger partial charge < -0.3 is 10.2 Å². The maximum absolute atomic E-state index is 14.8. The lowest BCUT2D eigenvalue weighted by molar-refractivity contribution is -0.119. The van der Waals surface area contributed by atoms with E-state index in [0.717, 1.165) is 0 Å². The Morgan fingerprint density at radius 3 is 2.23 bits per heavy atom. The van der Waals surface area contributed by atoms with Crippen molar-refractivity contribution in [1.29, 1.82) is 0 Å². The Morgan fingerprint density at radius 2 is 1.57 bits per heavy atom. The third kappa shape index (κ3) is 4.95. The maximum Gasteiger partial charge on any atom is 0.257 e. The Hall–Kier alpha value is -3.15. The highest BCUT2D eigenvalue weighted by Crippen LogP contribution is 2.52. The molecule has 1 heterocycles. The minimum atomic E-state index is -1.68. The van der Waals surface area contributed by atoms with E-state index in [9.17, 15) is 27.2 Å². The van der Waals surface area contributed by atoms with Crippen LogP contribution in [-0.2, 0) is 22.8 Å². The van der Waals surface area contributed by atoms with Crippen molar-refractivity contribution in [1.82, 2.24) is 5.32 Å². The topological polar surface area (TPSA) is 49.4 Å². The number of amides is 2. The highest BCUT2D eigenvalue weighted by Gasteiger charge is 2.52. The third-order valence-electron chi connectivity index (χ3n) is 6.59. The Morgan fingerprint density at radius 1 is 0.900 bits per heavy atom. The molecule has 204 valence electrons. The zero-order valence-corrected chi connectivity index (χ0v) is 23.9. The van der Waals surface area contributed by atoms with Crippen LogP contribution in [0.15, 0.2) is 72.8 Å². The Labute approximate surface area is 250 Å². The largest absolute Gasteiger partial charge is 0.348 e. The first-order valence-corrected chi connectivity index (χ1v) is 13.6. The highest BCUT2D eigenvalue weighted by molar-refractivity contribution is 14.1. The summed E-state index contributed by atoms with van der Waals surface area (Å²) >= 11 is 15.3. The predicted octanol–water partition coefficient (Wildman–Crippen LogP) is 7.46. The van der Waals surface area contributed by atoms with Gasteiger partial charge in [-0.05, 0) is 52.4 Å². The van der Waals surface area contributed by atoms with Crippen molar-refractivity contribution in [2.45, 2.75) is 18.0 Å². The molecule has 0 spiro atoms. The first-order chi connectivity index (χ1) is 19.0. The summed E-state index contributed by atoms with van der Waals surface area (Å²) in [5.74, 6) is -5.28. The van der Waals surface area contributed by atoms with Gasteiger partial charge in [0.25, 0.3) is 11.8 Å². The van der Waals surface area contributed by atoms with E-state index in [0.29, 0.717) is 26.8 Å². The maximum atomic E-state index is 14.8. The second kappa shape index (κ2) is 11.0. The van der Waals surface area contributed by atoms with Gasteiger partial charge in [0, 0.05) is 49.5 Å². The monoisotopic (exact) mass is 698 g/mol. The van der Waals surface area contributed by atoms with Crippen LogP contribution >= 0.6 is 45.8 Å². The molecule has 0 aliphatic carbocycles. The Kier molecular flexibility index (Phi) is 7.82. The second-order valence-electron chi connectivity index (χ2n) is 9.00. The number of hydrogen-bond donors (Lipinski definition) is 1. The summed E-state index contributed by atoms with van der Waals surface area (Å²) in [5, 5.41) is 2.52. The van der Waals surface area contributed by atoms with Gasteiger partial charge in [-0.2, -0.15) is 0 Å². The number of carbonyl (C=O) groups excluding carboxylic acids is 2. The fourth-order valence-corrected chi connectivity index (χ4v) is 6.45. The highest BCUT2D eigenvalue weighted by atomic mass is 127. The van der Waals surface area contributed by atoms with Crippen molar-refractivity contribution in [3.63, 3.8) is 0 Å². The number of nitrogens with zero attached hydrogens (tertiary/aromatic N) is 1. The summed E-state index contributed by atoms with van der Waals surface area (Å²) in [6.07, 6.45) is 0. The van der Waals surface area contributed by atoms with Crippen molar-refractivity contribution >= 4 is 63.3 Å². The molecule has 1 N–H and O–H groups in total. The molecule has 1 aliphatic heterocycles. The van der Waals surface area contributed by atoms with Crippen molar-refractivity contribution in [3.8, 4) is 0 Å². The normalized spacial score (nSPS) is 16.3. The van der Waals surface area contributed by atoms with Crippen molar-refractivity contribution < 1.29 is 27.2 Å². The zero-order valence-electron chi connectivity index (χ0n) is 20.3. The number of nitrogens with one attached hydrogen (secondary N) is 1. The standard InChI is InChI=1S/C29H17Cl2F4IN2O2/c30-20-7-4-8-21(33)19(20)14-38-25-10-15(27(39)37-13-18-22(34)11-17(32)12-23(18)35)9-24(36)26(25)29(31,28(38)40)16-5-2-1-3-6-16/h1-12H,13-14H2,(H,37,39). The minimum Gasteiger partial charge on any atom is -0.348 e. The van der Waals surface area contributed by atoms with Gasteiger partial charge in [0.05, 0.1) is 12.2 Å². The molecule has 4 nitrogen and oxygen atoms in total. The minimum absolute atomic E-state index is 0.0532. The summed E-state index contributed by atoms with van der Waals surface area (Å²) in [6, 6.07) is 16.7. The lowest BCUT2D eigenvalue weighted by Gasteiger charge is -2.23. The molecule has 4 aromatic carbocycles. The molecule has 5 rings (SSSR count). The first-order valence-electron chi connectivity index (χ1n) is 11.8. The van der Waals surface area contributed by atoms with E-state index >= 15 is 0 Å². The van der Waals surface area contributed by atoms with Gasteiger partial charge in [-0.15, -0.1) is 0 Å². The molecule has 11 heteroatoms. The van der Waals surface area contributed by atoms with Gasteiger partial charge in [-0.25, -0.2) is 17.6 Å².